The molecule has 1 saturated heterocycles. The molecule has 0 amide bonds. The van der Waals surface area contributed by atoms with Crippen molar-refractivity contribution in [1.29, 1.82) is 0 Å². The summed E-state index contributed by atoms with van der Waals surface area (Å²) in [7, 11) is 0. The van der Waals surface area contributed by atoms with Crippen molar-refractivity contribution in [2.75, 3.05) is 23.8 Å². The Balaban J connectivity index is 2.01. The van der Waals surface area contributed by atoms with Gasteiger partial charge in [0, 0.05) is 18.3 Å². The molecule has 0 aliphatic carbocycles. The minimum atomic E-state index is 0.566. The molecule has 2 aliphatic rings. The molecule has 1 fully saturated rings. The van der Waals surface area contributed by atoms with Gasteiger partial charge in [-0.3, -0.25) is 0 Å². The zero-order valence-corrected chi connectivity index (χ0v) is 8.94. The smallest absolute Gasteiger partial charge is 0.144 e. The number of ether oxygens (including phenoxy) is 1. The predicted octanol–water partition coefficient (Wildman–Crippen LogP) is 1.88. The first-order valence-electron chi connectivity index (χ1n) is 5.53. The molecule has 0 spiro atoms. The van der Waals surface area contributed by atoms with Gasteiger partial charge in [-0.25, -0.2) is 0 Å². The van der Waals surface area contributed by atoms with Crippen LogP contribution in [0.1, 0.15) is 13.3 Å². The summed E-state index contributed by atoms with van der Waals surface area (Å²) in [5, 5.41) is 0. The van der Waals surface area contributed by atoms with Gasteiger partial charge in [0.2, 0.25) is 0 Å². The number of hydrogen-bond acceptors (Lipinski definition) is 3. The molecule has 1 aromatic rings. The van der Waals surface area contributed by atoms with E-state index in [1.165, 1.54) is 12.1 Å². The average Bonchev–Trinajstić information content (AvgIpc) is 2.58. The highest BCUT2D eigenvalue weighted by atomic mass is 16.5. The van der Waals surface area contributed by atoms with Crippen molar-refractivity contribution in [2.45, 2.75) is 19.4 Å². The van der Waals surface area contributed by atoms with E-state index in [1.807, 2.05) is 12.1 Å². The van der Waals surface area contributed by atoms with Gasteiger partial charge in [0.05, 0.1) is 11.7 Å². The molecule has 80 valence electrons. The summed E-state index contributed by atoms with van der Waals surface area (Å²) >= 11 is 0. The Labute approximate surface area is 89.8 Å². The Bertz CT molecular complexity index is 391. The third-order valence-electron chi connectivity index (χ3n) is 3.35. The minimum absolute atomic E-state index is 0.566. The van der Waals surface area contributed by atoms with Gasteiger partial charge < -0.3 is 15.4 Å². The first-order chi connectivity index (χ1) is 7.24. The lowest BCUT2D eigenvalue weighted by atomic mass is 10.1. The van der Waals surface area contributed by atoms with Gasteiger partial charge in [0.15, 0.2) is 0 Å². The number of nitrogens with two attached hydrogens (primary N) is 1. The number of nitrogen functional groups attached to an aromatic ring is 1. The highest BCUT2D eigenvalue weighted by Crippen LogP contribution is 2.40. The quantitative estimate of drug-likeness (QED) is 0.656. The van der Waals surface area contributed by atoms with E-state index in [-0.39, 0.29) is 0 Å². The summed E-state index contributed by atoms with van der Waals surface area (Å²) < 4.78 is 5.74. The van der Waals surface area contributed by atoms with Gasteiger partial charge in [-0.05, 0) is 24.5 Å². The van der Waals surface area contributed by atoms with Crippen molar-refractivity contribution < 1.29 is 4.74 Å². The predicted molar refractivity (Wildman–Crippen MR) is 61.3 cm³/mol. The summed E-state index contributed by atoms with van der Waals surface area (Å²) in [4.78, 5) is 2.46. The van der Waals surface area contributed by atoms with Crippen LogP contribution in [0.25, 0.3) is 0 Å². The Morgan fingerprint density at radius 3 is 3.20 bits per heavy atom. The zero-order valence-electron chi connectivity index (χ0n) is 8.94. The molecule has 0 saturated carbocycles. The van der Waals surface area contributed by atoms with E-state index in [2.05, 4.69) is 17.9 Å². The summed E-state index contributed by atoms with van der Waals surface area (Å²) in [6.07, 6.45) is 1.24. The Morgan fingerprint density at radius 2 is 2.33 bits per heavy atom. The first-order valence-corrected chi connectivity index (χ1v) is 5.53. The monoisotopic (exact) mass is 204 g/mol. The van der Waals surface area contributed by atoms with Crippen LogP contribution in [0.2, 0.25) is 0 Å². The molecule has 15 heavy (non-hydrogen) atoms. The van der Waals surface area contributed by atoms with Crippen LogP contribution in [0.3, 0.4) is 0 Å². The zero-order chi connectivity index (χ0) is 10.4. The van der Waals surface area contributed by atoms with Gasteiger partial charge in [-0.2, -0.15) is 0 Å². The summed E-state index contributed by atoms with van der Waals surface area (Å²) in [5.41, 5.74) is 7.74. The standard InChI is InChI=1S/C12H16N2O/c1-8-4-10-7-15-12-5-9(13)2-3-11(12)14(10)6-8/h2-3,5,8,10H,4,6-7,13H2,1H3. The van der Waals surface area contributed by atoms with Crippen LogP contribution in [0.5, 0.6) is 5.75 Å². The van der Waals surface area contributed by atoms with E-state index in [0.717, 1.165) is 30.5 Å². The van der Waals surface area contributed by atoms with Crippen LogP contribution in [0.15, 0.2) is 18.2 Å². The molecular formula is C12H16N2O. The molecular weight excluding hydrogens is 188 g/mol. The summed E-state index contributed by atoms with van der Waals surface area (Å²) in [5.74, 6) is 1.71. The lowest BCUT2D eigenvalue weighted by molar-refractivity contribution is 0.270. The van der Waals surface area contributed by atoms with E-state index in [9.17, 15) is 0 Å². The molecule has 3 heteroatoms. The number of hydrogen-bond donors (Lipinski definition) is 1. The highest BCUT2D eigenvalue weighted by Gasteiger charge is 2.34. The molecule has 2 unspecified atom stereocenters. The second-order valence-electron chi connectivity index (χ2n) is 4.69. The molecule has 0 bridgehead atoms. The van der Waals surface area contributed by atoms with Crippen LogP contribution in [-0.4, -0.2) is 19.2 Å². The SMILES string of the molecule is CC1CC2COc3cc(N)ccc3N2C1. The molecule has 0 radical (unpaired) electrons. The maximum Gasteiger partial charge on any atom is 0.144 e. The van der Waals surface area contributed by atoms with E-state index >= 15 is 0 Å². The Kier molecular flexibility index (Phi) is 1.81. The highest BCUT2D eigenvalue weighted by molar-refractivity contribution is 5.66. The van der Waals surface area contributed by atoms with Crippen molar-refractivity contribution in [3.8, 4) is 5.75 Å². The van der Waals surface area contributed by atoms with Crippen molar-refractivity contribution in [3.05, 3.63) is 18.2 Å². The van der Waals surface area contributed by atoms with E-state index in [1.54, 1.807) is 0 Å². The lowest BCUT2D eigenvalue weighted by Crippen LogP contribution is -2.38. The van der Waals surface area contributed by atoms with Gasteiger partial charge >= 0.3 is 0 Å². The van der Waals surface area contributed by atoms with Crippen LogP contribution in [0, 0.1) is 5.92 Å². The topological polar surface area (TPSA) is 38.5 Å². The second-order valence-corrected chi connectivity index (χ2v) is 4.69. The Hall–Kier alpha value is -1.38. The van der Waals surface area contributed by atoms with Gasteiger partial charge in [0.25, 0.3) is 0 Å². The third kappa shape index (κ3) is 1.34. The summed E-state index contributed by atoms with van der Waals surface area (Å²) in [6.45, 7) is 4.25. The molecule has 2 aliphatic heterocycles. The first kappa shape index (κ1) is 8.89. The minimum Gasteiger partial charge on any atom is -0.489 e. The lowest BCUT2D eigenvalue weighted by Gasteiger charge is -2.33. The fraction of sp³-hybridized carbons (Fsp3) is 0.500. The van der Waals surface area contributed by atoms with Crippen LogP contribution in [0.4, 0.5) is 11.4 Å². The maximum atomic E-state index is 5.75. The number of rotatable bonds is 0. The molecule has 2 heterocycles. The number of benzene rings is 1. The number of anilines is 2. The number of nitrogens with zero attached hydrogens (tertiary/aromatic N) is 1. The van der Waals surface area contributed by atoms with Gasteiger partial charge in [-0.15, -0.1) is 0 Å². The third-order valence-corrected chi connectivity index (χ3v) is 3.35. The Morgan fingerprint density at radius 1 is 1.47 bits per heavy atom. The normalized spacial score (nSPS) is 28.2. The van der Waals surface area contributed by atoms with Crippen LogP contribution < -0.4 is 15.4 Å². The van der Waals surface area contributed by atoms with E-state index in [4.69, 9.17) is 10.5 Å². The van der Waals surface area contributed by atoms with Gasteiger partial charge in [0.1, 0.15) is 12.4 Å². The van der Waals surface area contributed by atoms with Crippen LogP contribution in [-0.2, 0) is 0 Å². The second kappa shape index (κ2) is 3.05. The molecule has 0 aromatic heterocycles. The average molecular weight is 204 g/mol. The molecule has 2 N–H and O–H groups in total. The maximum absolute atomic E-state index is 5.75. The molecule has 3 rings (SSSR count). The molecule has 1 aromatic carbocycles. The van der Waals surface area contributed by atoms with E-state index in [0.29, 0.717) is 6.04 Å². The fourth-order valence-corrected chi connectivity index (χ4v) is 2.67. The number of fused-ring (bicyclic) bond motifs is 3. The van der Waals surface area contributed by atoms with Crippen molar-refractivity contribution in [3.63, 3.8) is 0 Å². The largest absolute Gasteiger partial charge is 0.489 e. The molecule has 3 nitrogen and oxygen atoms in total. The van der Waals surface area contributed by atoms with Crippen molar-refractivity contribution in [1.82, 2.24) is 0 Å². The van der Waals surface area contributed by atoms with Crippen molar-refractivity contribution >= 4 is 11.4 Å². The van der Waals surface area contributed by atoms with Gasteiger partial charge in [-0.1, -0.05) is 6.92 Å². The van der Waals surface area contributed by atoms with Crippen LogP contribution >= 0.6 is 0 Å². The van der Waals surface area contributed by atoms with E-state index < -0.39 is 0 Å². The van der Waals surface area contributed by atoms with Crippen molar-refractivity contribution in [2.24, 2.45) is 5.92 Å². The fourth-order valence-electron chi connectivity index (χ4n) is 2.67. The molecule has 2 atom stereocenters. The summed E-state index contributed by atoms with van der Waals surface area (Å²) in [6, 6.07) is 6.52.